The number of fused-ring (bicyclic) bond motifs is 15. The molecule has 0 radical (unpaired) electrons. The van der Waals surface area contributed by atoms with E-state index >= 15 is 0 Å². The first-order valence-corrected chi connectivity index (χ1v) is 18.7. The van der Waals surface area contributed by atoms with Crippen molar-refractivity contribution in [1.29, 1.82) is 0 Å². The van der Waals surface area contributed by atoms with Gasteiger partial charge in [0.25, 0.3) is 0 Å². The maximum Gasteiger partial charge on any atom is 0.0771 e. The molecule has 0 N–H and O–H groups in total. The maximum atomic E-state index is 2.59. The number of para-hydroxylation sites is 1. The molecular formula is C45H33NS2. The molecule has 3 heterocycles. The van der Waals surface area contributed by atoms with Gasteiger partial charge >= 0.3 is 0 Å². The molecule has 5 aromatic carbocycles. The van der Waals surface area contributed by atoms with Gasteiger partial charge in [0.15, 0.2) is 0 Å². The van der Waals surface area contributed by atoms with Crippen LogP contribution in [0.2, 0.25) is 0 Å². The Morgan fingerprint density at radius 3 is 1.62 bits per heavy atom. The van der Waals surface area contributed by atoms with Crippen LogP contribution >= 0.6 is 22.7 Å². The summed E-state index contributed by atoms with van der Waals surface area (Å²) >= 11 is 3.78. The average molecular weight is 652 g/mol. The molecule has 7 aromatic rings. The van der Waals surface area contributed by atoms with Crippen molar-refractivity contribution in [2.45, 2.75) is 43.9 Å². The highest BCUT2D eigenvalue weighted by atomic mass is 32.1. The first-order valence-electron chi connectivity index (χ1n) is 16.9. The quantitative estimate of drug-likeness (QED) is 0.171. The van der Waals surface area contributed by atoms with Crippen LogP contribution in [0.1, 0.15) is 72.2 Å². The van der Waals surface area contributed by atoms with Crippen LogP contribution in [0.3, 0.4) is 0 Å². The second-order valence-electron chi connectivity index (χ2n) is 14.9. The van der Waals surface area contributed by atoms with E-state index < -0.39 is 0 Å². The van der Waals surface area contributed by atoms with E-state index in [1.807, 2.05) is 22.7 Å². The second-order valence-corrected chi connectivity index (χ2v) is 16.7. The molecule has 0 saturated carbocycles. The van der Waals surface area contributed by atoms with Gasteiger partial charge in [0.1, 0.15) is 0 Å². The summed E-state index contributed by atoms with van der Waals surface area (Å²) in [4.78, 5) is 5.44. The molecule has 0 saturated heterocycles. The van der Waals surface area contributed by atoms with Gasteiger partial charge in [0.05, 0.1) is 16.8 Å². The SMILES string of the molecule is CC1(C)c2ccccc2-c2ccc(N3c4ccccc4C4(c5cc6c(cc53)C(C)(C)c3ccccc3-6)c3ccsc3-c3sccc34)cc21. The van der Waals surface area contributed by atoms with E-state index in [1.165, 1.54) is 93.6 Å². The fourth-order valence-corrected chi connectivity index (χ4v) is 12.0. The van der Waals surface area contributed by atoms with Gasteiger partial charge < -0.3 is 4.90 Å². The third-order valence-electron chi connectivity index (χ3n) is 12.1. The first kappa shape index (κ1) is 27.3. The Kier molecular flexibility index (Phi) is 5.03. The summed E-state index contributed by atoms with van der Waals surface area (Å²) in [6.45, 7) is 9.57. The standard InChI is InChI=1S/C45H33NS2/c1-43(2)31-13-7-5-11-27(31)29-18-17-26(23-36(29)43)46-39-16-10-9-15-33(39)45(34-19-21-47-41(34)42-35(45)20-22-48-42)38-24-30-28-12-6-8-14-32(28)44(3,4)37(30)25-40(38)46/h5-25H,1-4H3. The number of hydrogen-bond acceptors (Lipinski definition) is 3. The lowest BCUT2D eigenvalue weighted by atomic mass is 9.64. The lowest BCUT2D eigenvalue weighted by Gasteiger charge is -2.45. The van der Waals surface area contributed by atoms with Crippen LogP contribution < -0.4 is 4.90 Å². The van der Waals surface area contributed by atoms with Crippen LogP contribution in [0.5, 0.6) is 0 Å². The highest BCUT2D eigenvalue weighted by molar-refractivity contribution is 7.21. The third kappa shape index (κ3) is 3.01. The van der Waals surface area contributed by atoms with E-state index in [0.29, 0.717) is 0 Å². The molecule has 11 rings (SSSR count). The molecule has 1 nitrogen and oxygen atoms in total. The summed E-state index contributed by atoms with van der Waals surface area (Å²) in [5, 5.41) is 4.60. The number of hydrogen-bond donors (Lipinski definition) is 0. The zero-order valence-corrected chi connectivity index (χ0v) is 29.0. The zero-order chi connectivity index (χ0) is 32.2. The molecule has 0 atom stereocenters. The zero-order valence-electron chi connectivity index (χ0n) is 27.4. The largest absolute Gasteiger partial charge is 0.310 e. The van der Waals surface area contributed by atoms with Gasteiger partial charge in [-0.3, -0.25) is 0 Å². The molecule has 0 bridgehead atoms. The van der Waals surface area contributed by atoms with Gasteiger partial charge in [-0.05, 0) is 120 Å². The molecule has 2 aromatic heterocycles. The Balaban J connectivity index is 1.26. The van der Waals surface area contributed by atoms with Gasteiger partial charge in [0.2, 0.25) is 0 Å². The van der Waals surface area contributed by atoms with E-state index in [4.69, 9.17) is 0 Å². The molecule has 48 heavy (non-hydrogen) atoms. The number of rotatable bonds is 1. The smallest absolute Gasteiger partial charge is 0.0771 e. The predicted octanol–water partition coefficient (Wildman–Crippen LogP) is 12.6. The highest BCUT2D eigenvalue weighted by Crippen LogP contribution is 2.67. The van der Waals surface area contributed by atoms with Crippen LogP contribution in [0, 0.1) is 0 Å². The average Bonchev–Trinajstić information content (AvgIpc) is 3.91. The fourth-order valence-electron chi connectivity index (χ4n) is 9.88. The van der Waals surface area contributed by atoms with Crippen molar-refractivity contribution in [3.8, 4) is 32.0 Å². The fraction of sp³-hybridized carbons (Fsp3) is 0.156. The van der Waals surface area contributed by atoms with Gasteiger partial charge in [-0.1, -0.05) is 100 Å². The van der Waals surface area contributed by atoms with Crippen molar-refractivity contribution < 1.29 is 0 Å². The molecule has 230 valence electrons. The monoisotopic (exact) mass is 651 g/mol. The molecule has 4 aliphatic rings. The van der Waals surface area contributed by atoms with E-state index in [2.05, 4.69) is 159 Å². The number of benzene rings is 5. The Hall–Kier alpha value is -4.70. The van der Waals surface area contributed by atoms with Crippen LogP contribution in [-0.4, -0.2) is 0 Å². The molecule has 0 amide bonds. The molecule has 3 aliphatic carbocycles. The van der Waals surface area contributed by atoms with Gasteiger partial charge in [-0.2, -0.15) is 0 Å². The minimum atomic E-state index is -0.379. The Labute approximate surface area is 289 Å². The summed E-state index contributed by atoms with van der Waals surface area (Å²) in [6.07, 6.45) is 0. The summed E-state index contributed by atoms with van der Waals surface area (Å²) in [6, 6.07) is 44.4. The number of nitrogens with zero attached hydrogens (tertiary/aromatic N) is 1. The normalized spacial score (nSPS) is 17.2. The third-order valence-corrected chi connectivity index (χ3v) is 14.1. The summed E-state index contributed by atoms with van der Waals surface area (Å²) in [5.74, 6) is 0. The van der Waals surface area contributed by atoms with Crippen molar-refractivity contribution in [1.82, 2.24) is 0 Å². The second kappa shape index (κ2) is 8.85. The molecule has 3 heteroatoms. The van der Waals surface area contributed by atoms with E-state index in [0.717, 1.165) is 0 Å². The Morgan fingerprint density at radius 1 is 0.417 bits per heavy atom. The van der Waals surface area contributed by atoms with Crippen LogP contribution in [0.4, 0.5) is 17.1 Å². The molecule has 0 unspecified atom stereocenters. The Morgan fingerprint density at radius 2 is 0.958 bits per heavy atom. The summed E-state index contributed by atoms with van der Waals surface area (Å²) < 4.78 is 0. The lowest BCUT2D eigenvalue weighted by molar-refractivity contribution is 0.658. The molecule has 0 fully saturated rings. The van der Waals surface area contributed by atoms with Crippen LogP contribution in [0.25, 0.3) is 32.0 Å². The minimum Gasteiger partial charge on any atom is -0.310 e. The van der Waals surface area contributed by atoms with Gasteiger partial charge in [0, 0.05) is 26.3 Å². The highest BCUT2D eigenvalue weighted by Gasteiger charge is 2.54. The predicted molar refractivity (Wildman–Crippen MR) is 203 cm³/mol. The van der Waals surface area contributed by atoms with Crippen molar-refractivity contribution in [3.05, 3.63) is 171 Å². The topological polar surface area (TPSA) is 3.24 Å². The molecule has 1 aliphatic heterocycles. The lowest BCUT2D eigenvalue weighted by Crippen LogP contribution is -2.36. The van der Waals surface area contributed by atoms with Gasteiger partial charge in [-0.15, -0.1) is 22.7 Å². The van der Waals surface area contributed by atoms with E-state index in [-0.39, 0.29) is 16.2 Å². The van der Waals surface area contributed by atoms with E-state index in [9.17, 15) is 0 Å². The summed E-state index contributed by atoms with van der Waals surface area (Å²) in [5.41, 5.74) is 19.9. The van der Waals surface area contributed by atoms with Crippen molar-refractivity contribution >= 4 is 39.7 Å². The molecular weight excluding hydrogens is 619 g/mol. The Bertz CT molecular complexity index is 2500. The number of anilines is 3. The number of thiophene rings is 2. The van der Waals surface area contributed by atoms with Crippen molar-refractivity contribution in [2.24, 2.45) is 0 Å². The van der Waals surface area contributed by atoms with Crippen molar-refractivity contribution in [3.63, 3.8) is 0 Å². The first-order chi connectivity index (χ1) is 23.3. The van der Waals surface area contributed by atoms with Gasteiger partial charge in [-0.25, -0.2) is 0 Å². The minimum absolute atomic E-state index is 0.0779. The van der Waals surface area contributed by atoms with Crippen LogP contribution in [0.15, 0.2) is 126 Å². The van der Waals surface area contributed by atoms with Crippen molar-refractivity contribution in [2.75, 3.05) is 4.90 Å². The molecule has 1 spiro atoms. The maximum absolute atomic E-state index is 2.59. The van der Waals surface area contributed by atoms with E-state index in [1.54, 1.807) is 0 Å². The van der Waals surface area contributed by atoms with Crippen LogP contribution in [-0.2, 0) is 16.2 Å². The summed E-state index contributed by atoms with van der Waals surface area (Å²) in [7, 11) is 0.